The van der Waals surface area contributed by atoms with Gasteiger partial charge in [-0.25, -0.2) is 4.39 Å². The van der Waals surface area contributed by atoms with E-state index in [-0.39, 0.29) is 11.8 Å². The third-order valence-electron chi connectivity index (χ3n) is 2.56. The molecule has 0 amide bonds. The summed E-state index contributed by atoms with van der Waals surface area (Å²) in [5.41, 5.74) is 1.65. The number of hydrogen-bond donors (Lipinski definition) is 2. The summed E-state index contributed by atoms with van der Waals surface area (Å²) in [4.78, 5) is 0. The summed E-state index contributed by atoms with van der Waals surface area (Å²) in [5, 5.41) is 12.6. The Balaban J connectivity index is 2.46. The van der Waals surface area contributed by atoms with E-state index in [0.717, 1.165) is 18.5 Å². The number of benzene rings is 1. The summed E-state index contributed by atoms with van der Waals surface area (Å²) in [5.74, 6) is -0.730. The van der Waals surface area contributed by atoms with Gasteiger partial charge in [0.2, 0.25) is 0 Å². The van der Waals surface area contributed by atoms with Gasteiger partial charge >= 0.3 is 0 Å². The van der Waals surface area contributed by atoms with Crippen LogP contribution in [0.15, 0.2) is 12.1 Å². The lowest BCUT2D eigenvalue weighted by molar-refractivity contribution is 0.353. The summed E-state index contributed by atoms with van der Waals surface area (Å²) >= 11 is 0. The van der Waals surface area contributed by atoms with Crippen LogP contribution in [0.25, 0.3) is 0 Å². The molecule has 3 heteroatoms. The van der Waals surface area contributed by atoms with Crippen LogP contribution >= 0.6 is 0 Å². The maximum atomic E-state index is 13.0. The molecule has 0 aliphatic carbocycles. The molecule has 1 aliphatic heterocycles. The second-order valence-corrected chi connectivity index (χ2v) is 3.42. The summed E-state index contributed by atoms with van der Waals surface area (Å²) in [6.45, 7) is 2.83. The minimum atomic E-state index is -0.533. The van der Waals surface area contributed by atoms with Crippen molar-refractivity contribution in [3.05, 3.63) is 29.1 Å². The number of aryl methyl sites for hydroxylation is 1. The molecule has 0 spiro atoms. The van der Waals surface area contributed by atoms with Crippen LogP contribution in [0.5, 0.6) is 5.75 Å². The van der Waals surface area contributed by atoms with Crippen molar-refractivity contribution >= 4 is 0 Å². The van der Waals surface area contributed by atoms with Crippen LogP contribution in [0, 0.1) is 12.7 Å². The summed E-state index contributed by atoms with van der Waals surface area (Å²) in [7, 11) is 0. The summed E-state index contributed by atoms with van der Waals surface area (Å²) < 4.78 is 13.0. The zero-order valence-electron chi connectivity index (χ0n) is 7.47. The minimum absolute atomic E-state index is 0.135. The predicted molar refractivity (Wildman–Crippen MR) is 48.2 cm³/mol. The molecule has 1 saturated heterocycles. The molecule has 70 valence electrons. The Hall–Kier alpha value is -1.09. The Bertz CT molecular complexity index is 334. The first kappa shape index (κ1) is 8.51. The van der Waals surface area contributed by atoms with Crippen molar-refractivity contribution in [3.63, 3.8) is 0 Å². The van der Waals surface area contributed by atoms with Crippen molar-refractivity contribution in [1.82, 2.24) is 5.32 Å². The Morgan fingerprint density at radius 1 is 1.54 bits per heavy atom. The van der Waals surface area contributed by atoms with E-state index in [4.69, 9.17) is 0 Å². The fourth-order valence-corrected chi connectivity index (χ4v) is 1.66. The van der Waals surface area contributed by atoms with Crippen LogP contribution in [-0.4, -0.2) is 11.7 Å². The van der Waals surface area contributed by atoms with E-state index in [2.05, 4.69) is 5.32 Å². The van der Waals surface area contributed by atoms with Gasteiger partial charge in [0.25, 0.3) is 0 Å². The number of phenolic OH excluding ortho intramolecular Hbond substituents is 1. The Labute approximate surface area is 76.4 Å². The van der Waals surface area contributed by atoms with Crippen LogP contribution in [0.1, 0.15) is 23.6 Å². The zero-order chi connectivity index (χ0) is 9.42. The molecule has 0 unspecified atom stereocenters. The molecular formula is C10H12FNO. The van der Waals surface area contributed by atoms with Gasteiger partial charge in [-0.15, -0.1) is 0 Å². The van der Waals surface area contributed by atoms with E-state index in [1.54, 1.807) is 6.07 Å². The smallest absolute Gasteiger partial charge is 0.165 e. The molecule has 1 heterocycles. The van der Waals surface area contributed by atoms with Crippen LogP contribution in [0.4, 0.5) is 4.39 Å². The average Bonchev–Trinajstić information content (AvgIpc) is 2.02. The van der Waals surface area contributed by atoms with Crippen molar-refractivity contribution in [1.29, 1.82) is 0 Å². The van der Waals surface area contributed by atoms with Crippen LogP contribution in [0.2, 0.25) is 0 Å². The zero-order valence-corrected chi connectivity index (χ0v) is 7.47. The monoisotopic (exact) mass is 181 g/mol. The van der Waals surface area contributed by atoms with Gasteiger partial charge in [0, 0.05) is 11.6 Å². The van der Waals surface area contributed by atoms with Crippen molar-refractivity contribution in [2.75, 3.05) is 6.54 Å². The average molecular weight is 181 g/mol. The van der Waals surface area contributed by atoms with Crippen LogP contribution < -0.4 is 5.32 Å². The number of rotatable bonds is 1. The molecule has 1 aliphatic rings. The third kappa shape index (κ3) is 1.29. The number of aromatic hydroxyl groups is 1. The fourth-order valence-electron chi connectivity index (χ4n) is 1.66. The molecule has 1 aromatic rings. The molecule has 1 fully saturated rings. The standard InChI is InChI=1S/C10H12FNO/c1-6-2-3-7(11)10(13)9(6)8-4-5-12-8/h2-3,8,12-13H,4-5H2,1H3/t8-/m0/s1. The minimum Gasteiger partial charge on any atom is -0.505 e. The van der Waals surface area contributed by atoms with Gasteiger partial charge in [0.05, 0.1) is 0 Å². The highest BCUT2D eigenvalue weighted by Crippen LogP contribution is 2.34. The van der Waals surface area contributed by atoms with Gasteiger partial charge in [0.1, 0.15) is 0 Å². The maximum absolute atomic E-state index is 13.0. The Morgan fingerprint density at radius 2 is 2.23 bits per heavy atom. The molecule has 0 radical (unpaired) electrons. The molecular weight excluding hydrogens is 169 g/mol. The molecule has 2 N–H and O–H groups in total. The molecule has 1 atom stereocenters. The largest absolute Gasteiger partial charge is 0.505 e. The Kier molecular flexibility index (Phi) is 1.96. The highest BCUT2D eigenvalue weighted by atomic mass is 19.1. The highest BCUT2D eigenvalue weighted by molar-refractivity contribution is 5.42. The SMILES string of the molecule is Cc1ccc(F)c(O)c1[C@@H]1CCN1. The molecule has 0 bridgehead atoms. The third-order valence-corrected chi connectivity index (χ3v) is 2.56. The lowest BCUT2D eigenvalue weighted by Crippen LogP contribution is -2.35. The van der Waals surface area contributed by atoms with E-state index in [0.29, 0.717) is 5.56 Å². The lowest BCUT2D eigenvalue weighted by Gasteiger charge is -2.29. The number of phenols is 1. The van der Waals surface area contributed by atoms with Gasteiger partial charge in [0.15, 0.2) is 11.6 Å². The second-order valence-electron chi connectivity index (χ2n) is 3.42. The van der Waals surface area contributed by atoms with Crippen LogP contribution in [-0.2, 0) is 0 Å². The predicted octanol–water partition coefficient (Wildman–Crippen LogP) is 1.87. The highest BCUT2D eigenvalue weighted by Gasteiger charge is 2.24. The van der Waals surface area contributed by atoms with E-state index >= 15 is 0 Å². The molecule has 13 heavy (non-hydrogen) atoms. The molecule has 1 aromatic carbocycles. The van der Waals surface area contributed by atoms with Crippen molar-refractivity contribution in [3.8, 4) is 5.75 Å². The van der Waals surface area contributed by atoms with Crippen molar-refractivity contribution in [2.45, 2.75) is 19.4 Å². The fraction of sp³-hybridized carbons (Fsp3) is 0.400. The van der Waals surface area contributed by atoms with Gasteiger partial charge in [-0.2, -0.15) is 0 Å². The number of halogens is 1. The number of nitrogens with one attached hydrogen (secondary N) is 1. The summed E-state index contributed by atoms with van der Waals surface area (Å²) in [6.07, 6.45) is 0.970. The van der Waals surface area contributed by atoms with E-state index in [1.807, 2.05) is 6.92 Å². The second kappa shape index (κ2) is 3.00. The van der Waals surface area contributed by atoms with Gasteiger partial charge < -0.3 is 10.4 Å². The number of hydrogen-bond acceptors (Lipinski definition) is 2. The van der Waals surface area contributed by atoms with Crippen LogP contribution in [0.3, 0.4) is 0 Å². The molecule has 0 aromatic heterocycles. The van der Waals surface area contributed by atoms with E-state index in [9.17, 15) is 9.50 Å². The normalized spacial score (nSPS) is 21.2. The van der Waals surface area contributed by atoms with E-state index in [1.165, 1.54) is 6.07 Å². The van der Waals surface area contributed by atoms with Crippen molar-refractivity contribution < 1.29 is 9.50 Å². The van der Waals surface area contributed by atoms with Gasteiger partial charge in [-0.05, 0) is 31.5 Å². The molecule has 2 nitrogen and oxygen atoms in total. The summed E-state index contributed by atoms with van der Waals surface area (Å²) in [6, 6.07) is 3.13. The lowest BCUT2D eigenvalue weighted by atomic mass is 9.93. The quantitative estimate of drug-likeness (QED) is 0.693. The van der Waals surface area contributed by atoms with E-state index < -0.39 is 5.82 Å². The topological polar surface area (TPSA) is 32.3 Å². The maximum Gasteiger partial charge on any atom is 0.165 e. The van der Waals surface area contributed by atoms with Gasteiger partial charge in [-0.3, -0.25) is 0 Å². The van der Waals surface area contributed by atoms with Gasteiger partial charge in [-0.1, -0.05) is 6.07 Å². The first-order chi connectivity index (χ1) is 6.20. The molecule has 0 saturated carbocycles. The van der Waals surface area contributed by atoms with Crippen molar-refractivity contribution in [2.24, 2.45) is 0 Å². The first-order valence-electron chi connectivity index (χ1n) is 4.41. The Morgan fingerprint density at radius 3 is 2.77 bits per heavy atom. The first-order valence-corrected chi connectivity index (χ1v) is 4.41. The molecule has 2 rings (SSSR count).